The van der Waals surface area contributed by atoms with Crippen molar-refractivity contribution < 1.29 is 8.42 Å². The van der Waals surface area contributed by atoms with E-state index in [2.05, 4.69) is 25.0 Å². The lowest BCUT2D eigenvalue weighted by Crippen LogP contribution is -2.08. The van der Waals surface area contributed by atoms with Gasteiger partial charge in [-0.05, 0) is 35.7 Å². The lowest BCUT2D eigenvalue weighted by Gasteiger charge is -2.09. The second-order valence-corrected chi connectivity index (χ2v) is 6.79. The third kappa shape index (κ3) is 2.75. The van der Waals surface area contributed by atoms with Gasteiger partial charge in [0.25, 0.3) is 0 Å². The van der Waals surface area contributed by atoms with E-state index in [4.69, 9.17) is 5.53 Å². The Balaban J connectivity index is 2.18. The van der Waals surface area contributed by atoms with Crippen molar-refractivity contribution in [2.45, 2.75) is 23.4 Å². The molecule has 0 saturated heterocycles. The summed E-state index contributed by atoms with van der Waals surface area (Å²) in [6, 6.07) is 6.60. The molecule has 0 atom stereocenters. The molecule has 0 radical (unpaired) electrons. The predicted octanol–water partition coefficient (Wildman–Crippen LogP) is 2.91. The molecule has 0 spiro atoms. The summed E-state index contributed by atoms with van der Waals surface area (Å²) >= 11 is 0. The van der Waals surface area contributed by atoms with Gasteiger partial charge in [0.15, 0.2) is 10.7 Å². The zero-order chi connectivity index (χ0) is 16.4. The molecule has 8 nitrogen and oxygen atoms in total. The first-order chi connectivity index (χ1) is 11.0. The van der Waals surface area contributed by atoms with E-state index in [1.54, 1.807) is 37.4 Å². The highest BCUT2D eigenvalue weighted by atomic mass is 32.2. The summed E-state index contributed by atoms with van der Waals surface area (Å²) in [6.07, 6.45) is 2.86. The standard InChI is InChI=1S/C14H12N6O2S/c1-9-2-3-10(7-18-20-15)12(6-9)23(21,22)13-8-17-14-11(19-13)4-5-16-14/h2-6,8H,7H2,1H3,(H,16,17). The van der Waals surface area contributed by atoms with E-state index in [1.807, 2.05) is 0 Å². The zero-order valence-corrected chi connectivity index (χ0v) is 12.9. The summed E-state index contributed by atoms with van der Waals surface area (Å²) in [5.41, 5.74) is 10.7. The predicted molar refractivity (Wildman–Crippen MR) is 83.4 cm³/mol. The van der Waals surface area contributed by atoms with Crippen molar-refractivity contribution in [2.24, 2.45) is 5.11 Å². The van der Waals surface area contributed by atoms with Crippen LogP contribution >= 0.6 is 0 Å². The van der Waals surface area contributed by atoms with E-state index in [0.29, 0.717) is 16.7 Å². The summed E-state index contributed by atoms with van der Waals surface area (Å²) in [5.74, 6) is 0. The topological polar surface area (TPSA) is 124 Å². The number of benzene rings is 1. The number of sulfone groups is 1. The van der Waals surface area contributed by atoms with E-state index in [9.17, 15) is 8.42 Å². The number of aromatic nitrogens is 3. The van der Waals surface area contributed by atoms with Gasteiger partial charge in [-0.1, -0.05) is 17.2 Å². The monoisotopic (exact) mass is 328 g/mol. The molecule has 0 aliphatic carbocycles. The van der Waals surface area contributed by atoms with Crippen molar-refractivity contribution >= 4 is 21.0 Å². The highest BCUT2D eigenvalue weighted by Crippen LogP contribution is 2.25. The van der Waals surface area contributed by atoms with Gasteiger partial charge in [0.05, 0.1) is 17.6 Å². The largest absolute Gasteiger partial charge is 0.345 e. The Morgan fingerprint density at radius 2 is 2.17 bits per heavy atom. The Hall–Kier alpha value is -2.90. The number of nitrogens with one attached hydrogen (secondary N) is 1. The van der Waals surface area contributed by atoms with Crippen LogP contribution in [0.5, 0.6) is 0 Å². The van der Waals surface area contributed by atoms with Gasteiger partial charge < -0.3 is 4.98 Å². The van der Waals surface area contributed by atoms with Gasteiger partial charge in [0.2, 0.25) is 9.84 Å². The molecule has 116 valence electrons. The fraction of sp³-hybridized carbons (Fsp3) is 0.143. The summed E-state index contributed by atoms with van der Waals surface area (Å²) in [4.78, 5) is 13.8. The second-order valence-electron chi connectivity index (χ2n) is 4.92. The van der Waals surface area contributed by atoms with E-state index in [0.717, 1.165) is 5.56 Å². The van der Waals surface area contributed by atoms with Crippen LogP contribution in [-0.2, 0) is 16.4 Å². The molecule has 0 fully saturated rings. The Labute approximate surface area is 131 Å². The van der Waals surface area contributed by atoms with Crippen LogP contribution in [0.2, 0.25) is 0 Å². The van der Waals surface area contributed by atoms with Gasteiger partial charge >= 0.3 is 0 Å². The highest BCUT2D eigenvalue weighted by molar-refractivity contribution is 7.91. The molecule has 9 heteroatoms. The third-order valence-electron chi connectivity index (χ3n) is 3.33. The molecule has 0 saturated carbocycles. The molecule has 1 aromatic carbocycles. The maximum atomic E-state index is 12.9. The number of H-pyrrole nitrogens is 1. The van der Waals surface area contributed by atoms with E-state index in [-0.39, 0.29) is 16.5 Å². The molecule has 1 N–H and O–H groups in total. The van der Waals surface area contributed by atoms with E-state index >= 15 is 0 Å². The number of hydrogen-bond donors (Lipinski definition) is 1. The van der Waals surface area contributed by atoms with Gasteiger partial charge in [0, 0.05) is 11.1 Å². The lowest BCUT2D eigenvalue weighted by atomic mass is 10.1. The van der Waals surface area contributed by atoms with Crippen molar-refractivity contribution in [3.63, 3.8) is 0 Å². The fourth-order valence-corrected chi connectivity index (χ4v) is 3.66. The second kappa shape index (κ2) is 5.71. The fourth-order valence-electron chi connectivity index (χ4n) is 2.21. The molecule has 3 aromatic rings. The van der Waals surface area contributed by atoms with Crippen molar-refractivity contribution in [2.75, 3.05) is 0 Å². The van der Waals surface area contributed by atoms with Gasteiger partial charge in [0.1, 0.15) is 5.52 Å². The molecule has 0 bridgehead atoms. The van der Waals surface area contributed by atoms with Crippen LogP contribution in [0.15, 0.2) is 51.7 Å². The smallest absolute Gasteiger partial charge is 0.225 e. The van der Waals surface area contributed by atoms with Crippen LogP contribution in [0.25, 0.3) is 21.6 Å². The zero-order valence-electron chi connectivity index (χ0n) is 12.1. The average molecular weight is 328 g/mol. The summed E-state index contributed by atoms with van der Waals surface area (Å²) in [6.45, 7) is 1.74. The SMILES string of the molecule is Cc1ccc(CN=[N+]=[N-])c(S(=O)(=O)c2cnc3[nH]ccc3n2)c1. The summed E-state index contributed by atoms with van der Waals surface area (Å²) < 4.78 is 25.8. The number of aromatic amines is 1. The molecule has 2 heterocycles. The number of rotatable bonds is 4. The number of nitrogens with zero attached hydrogens (tertiary/aromatic N) is 5. The molecule has 0 amide bonds. The quantitative estimate of drug-likeness (QED) is 0.449. The van der Waals surface area contributed by atoms with E-state index in [1.165, 1.54) is 6.20 Å². The molecule has 0 aliphatic heterocycles. The first kappa shape index (κ1) is 15.0. The minimum Gasteiger partial charge on any atom is -0.345 e. The van der Waals surface area contributed by atoms with Crippen LogP contribution < -0.4 is 0 Å². The normalized spacial score (nSPS) is 11.3. The van der Waals surface area contributed by atoms with Crippen LogP contribution in [0, 0.1) is 6.92 Å². The number of azide groups is 1. The van der Waals surface area contributed by atoms with Crippen molar-refractivity contribution in [3.8, 4) is 0 Å². The summed E-state index contributed by atoms with van der Waals surface area (Å²) in [7, 11) is -3.86. The Kier molecular flexibility index (Phi) is 3.73. The van der Waals surface area contributed by atoms with Crippen LogP contribution in [-0.4, -0.2) is 23.4 Å². The van der Waals surface area contributed by atoms with Gasteiger partial charge in [-0.3, -0.25) is 0 Å². The lowest BCUT2D eigenvalue weighted by molar-refractivity contribution is 0.591. The molecular formula is C14H12N6O2S. The van der Waals surface area contributed by atoms with Crippen LogP contribution in [0.3, 0.4) is 0 Å². The van der Waals surface area contributed by atoms with Gasteiger partial charge in [-0.25, -0.2) is 18.4 Å². The van der Waals surface area contributed by atoms with Gasteiger partial charge in [-0.2, -0.15) is 0 Å². The molecule has 0 unspecified atom stereocenters. The molecule has 2 aromatic heterocycles. The number of aryl methyl sites for hydroxylation is 1. The minimum atomic E-state index is -3.86. The third-order valence-corrected chi connectivity index (χ3v) is 5.04. The average Bonchev–Trinajstić information content (AvgIpc) is 3.01. The molecule has 3 rings (SSSR count). The number of hydrogen-bond acceptors (Lipinski definition) is 5. The van der Waals surface area contributed by atoms with Crippen LogP contribution in [0.4, 0.5) is 0 Å². The van der Waals surface area contributed by atoms with Gasteiger partial charge in [-0.15, -0.1) is 0 Å². The van der Waals surface area contributed by atoms with E-state index < -0.39 is 9.84 Å². The maximum absolute atomic E-state index is 12.9. The minimum absolute atomic E-state index is 0.0504. The summed E-state index contributed by atoms with van der Waals surface area (Å²) in [5, 5.41) is 3.31. The molecule has 0 aliphatic rings. The maximum Gasteiger partial charge on any atom is 0.225 e. The first-order valence-corrected chi connectivity index (χ1v) is 8.16. The Bertz CT molecular complexity index is 1030. The van der Waals surface area contributed by atoms with Crippen molar-refractivity contribution in [1.29, 1.82) is 0 Å². The molecule has 23 heavy (non-hydrogen) atoms. The Morgan fingerprint density at radius 3 is 2.96 bits per heavy atom. The van der Waals surface area contributed by atoms with Crippen molar-refractivity contribution in [3.05, 3.63) is 58.2 Å². The van der Waals surface area contributed by atoms with Crippen molar-refractivity contribution in [1.82, 2.24) is 15.0 Å². The number of fused-ring (bicyclic) bond motifs is 1. The first-order valence-electron chi connectivity index (χ1n) is 6.68. The highest BCUT2D eigenvalue weighted by Gasteiger charge is 2.23. The Morgan fingerprint density at radius 1 is 1.35 bits per heavy atom. The molecular weight excluding hydrogens is 316 g/mol. The van der Waals surface area contributed by atoms with Crippen LogP contribution in [0.1, 0.15) is 11.1 Å².